The number of Topliss-reactive ketones (excluding diaryl/α,β-unsaturated/α-hetero) is 1. The van der Waals surface area contributed by atoms with Crippen LogP contribution in [-0.2, 0) is 6.42 Å². The molecule has 0 amide bonds. The van der Waals surface area contributed by atoms with E-state index in [1.165, 1.54) is 12.1 Å². The molecule has 0 aliphatic heterocycles. The van der Waals surface area contributed by atoms with Crippen LogP contribution >= 0.6 is 11.6 Å². The smallest absolute Gasteiger partial charge is 0.167 e. The van der Waals surface area contributed by atoms with Gasteiger partial charge < -0.3 is 0 Å². The van der Waals surface area contributed by atoms with Crippen LogP contribution in [-0.4, -0.2) is 5.78 Å². The van der Waals surface area contributed by atoms with E-state index in [4.69, 9.17) is 11.6 Å². The van der Waals surface area contributed by atoms with Crippen molar-refractivity contribution in [1.29, 1.82) is 0 Å². The Morgan fingerprint density at radius 2 is 1.57 bits per heavy atom. The number of carbonyl (C=O) groups is 1. The van der Waals surface area contributed by atoms with E-state index < -0.39 is 0 Å². The van der Waals surface area contributed by atoms with E-state index in [0.717, 1.165) is 5.56 Å². The Balaban J connectivity index is 2.03. The fraction of sp³-hybridized carbons (Fsp3) is 0.0556. The van der Waals surface area contributed by atoms with Gasteiger partial charge in [0.15, 0.2) is 5.78 Å². The molecular weight excluding hydrogens is 287 g/mol. The molecule has 0 atom stereocenters. The van der Waals surface area contributed by atoms with Crippen LogP contribution in [0.3, 0.4) is 0 Å². The Morgan fingerprint density at radius 1 is 0.905 bits per heavy atom. The Labute approximate surface area is 127 Å². The van der Waals surface area contributed by atoms with E-state index >= 15 is 0 Å². The Morgan fingerprint density at radius 3 is 2.33 bits per heavy atom. The molecule has 0 unspecified atom stereocenters. The average molecular weight is 299 g/mol. The van der Waals surface area contributed by atoms with E-state index in [9.17, 15) is 9.18 Å². The standard InChI is InChI=1S/C18H12ClFO/c19-16-8-4-1-5-12(16)11-18(21)15-9-10-17(20)14-7-3-2-6-13(14)15/h1-10H,11H2. The van der Waals surface area contributed by atoms with Gasteiger partial charge in [-0.3, -0.25) is 4.79 Å². The highest BCUT2D eigenvalue weighted by Gasteiger charge is 2.14. The Hall–Kier alpha value is -2.19. The second kappa shape index (κ2) is 5.66. The van der Waals surface area contributed by atoms with Gasteiger partial charge in [0.25, 0.3) is 0 Å². The van der Waals surface area contributed by atoms with Crippen molar-refractivity contribution in [3.8, 4) is 0 Å². The van der Waals surface area contributed by atoms with Gasteiger partial charge in [0.2, 0.25) is 0 Å². The number of ketones is 1. The molecule has 0 fully saturated rings. The van der Waals surface area contributed by atoms with Gasteiger partial charge in [0.05, 0.1) is 0 Å². The van der Waals surface area contributed by atoms with Crippen LogP contribution in [0.15, 0.2) is 60.7 Å². The third-order valence-electron chi connectivity index (χ3n) is 3.48. The van der Waals surface area contributed by atoms with Gasteiger partial charge in [0, 0.05) is 22.4 Å². The van der Waals surface area contributed by atoms with Crippen molar-refractivity contribution in [2.45, 2.75) is 6.42 Å². The van der Waals surface area contributed by atoms with Crippen molar-refractivity contribution < 1.29 is 9.18 Å². The lowest BCUT2D eigenvalue weighted by Crippen LogP contribution is -2.05. The summed E-state index contributed by atoms with van der Waals surface area (Å²) in [5.74, 6) is -0.390. The second-order valence-corrected chi connectivity index (χ2v) is 5.24. The number of benzene rings is 3. The first kappa shape index (κ1) is 13.8. The summed E-state index contributed by atoms with van der Waals surface area (Å²) in [4.78, 5) is 12.5. The topological polar surface area (TPSA) is 17.1 Å². The molecule has 0 aromatic heterocycles. The predicted molar refractivity (Wildman–Crippen MR) is 83.4 cm³/mol. The minimum Gasteiger partial charge on any atom is -0.294 e. The molecule has 0 N–H and O–H groups in total. The Bertz CT molecular complexity index is 826. The van der Waals surface area contributed by atoms with E-state index in [-0.39, 0.29) is 18.0 Å². The first-order valence-electron chi connectivity index (χ1n) is 6.60. The zero-order valence-electron chi connectivity index (χ0n) is 11.1. The molecule has 3 heteroatoms. The summed E-state index contributed by atoms with van der Waals surface area (Å²) in [7, 11) is 0. The molecule has 3 rings (SSSR count). The lowest BCUT2D eigenvalue weighted by Gasteiger charge is -2.08. The molecule has 0 saturated heterocycles. The monoisotopic (exact) mass is 298 g/mol. The molecule has 0 bridgehead atoms. The average Bonchev–Trinajstić information content (AvgIpc) is 2.50. The first-order chi connectivity index (χ1) is 10.2. The van der Waals surface area contributed by atoms with Crippen molar-refractivity contribution in [2.24, 2.45) is 0 Å². The number of fused-ring (bicyclic) bond motifs is 1. The molecule has 0 heterocycles. The van der Waals surface area contributed by atoms with Crippen LogP contribution in [0.5, 0.6) is 0 Å². The van der Waals surface area contributed by atoms with Crippen molar-refractivity contribution >= 4 is 28.2 Å². The van der Waals surface area contributed by atoms with Gasteiger partial charge in [-0.05, 0) is 29.1 Å². The molecular formula is C18H12ClFO. The second-order valence-electron chi connectivity index (χ2n) is 4.83. The lowest BCUT2D eigenvalue weighted by molar-refractivity contribution is 0.0994. The van der Waals surface area contributed by atoms with Crippen LogP contribution in [0, 0.1) is 5.82 Å². The van der Waals surface area contributed by atoms with Gasteiger partial charge in [-0.1, -0.05) is 54.1 Å². The summed E-state index contributed by atoms with van der Waals surface area (Å²) in [6.45, 7) is 0. The number of carbonyl (C=O) groups excluding carboxylic acids is 1. The molecule has 0 aliphatic carbocycles. The van der Waals surface area contributed by atoms with Crippen molar-refractivity contribution in [3.05, 3.63) is 82.6 Å². The van der Waals surface area contributed by atoms with Crippen LogP contribution in [0.25, 0.3) is 10.8 Å². The van der Waals surface area contributed by atoms with Crippen molar-refractivity contribution in [3.63, 3.8) is 0 Å². The summed E-state index contributed by atoms with van der Waals surface area (Å²) in [5, 5.41) is 1.66. The molecule has 0 radical (unpaired) electrons. The van der Waals surface area contributed by atoms with Crippen LogP contribution in [0.2, 0.25) is 5.02 Å². The predicted octanol–water partition coefficient (Wildman–Crippen LogP) is 5.06. The highest BCUT2D eigenvalue weighted by atomic mass is 35.5. The van der Waals surface area contributed by atoms with E-state index in [2.05, 4.69) is 0 Å². The SMILES string of the molecule is O=C(Cc1ccccc1Cl)c1ccc(F)c2ccccc12. The van der Waals surface area contributed by atoms with Gasteiger partial charge in [-0.25, -0.2) is 4.39 Å². The largest absolute Gasteiger partial charge is 0.294 e. The third-order valence-corrected chi connectivity index (χ3v) is 3.85. The molecule has 3 aromatic rings. The maximum Gasteiger partial charge on any atom is 0.167 e. The maximum absolute atomic E-state index is 13.8. The number of hydrogen-bond acceptors (Lipinski definition) is 1. The number of hydrogen-bond donors (Lipinski definition) is 0. The minimum atomic E-state index is -0.320. The molecule has 0 spiro atoms. The summed E-state index contributed by atoms with van der Waals surface area (Å²) in [6.07, 6.45) is 0.204. The van der Waals surface area contributed by atoms with E-state index in [1.807, 2.05) is 18.2 Å². The highest BCUT2D eigenvalue weighted by Crippen LogP contribution is 2.24. The summed E-state index contributed by atoms with van der Waals surface area (Å²) in [5.41, 5.74) is 1.30. The maximum atomic E-state index is 13.8. The first-order valence-corrected chi connectivity index (χ1v) is 6.98. The molecule has 3 aromatic carbocycles. The van der Waals surface area contributed by atoms with Crippen LogP contribution in [0.1, 0.15) is 15.9 Å². The fourth-order valence-corrected chi connectivity index (χ4v) is 2.62. The number of rotatable bonds is 3. The summed E-state index contributed by atoms with van der Waals surface area (Å²) >= 11 is 6.09. The summed E-state index contributed by atoms with van der Waals surface area (Å²) < 4.78 is 13.8. The third kappa shape index (κ3) is 2.67. The molecule has 0 aliphatic rings. The normalized spacial score (nSPS) is 10.8. The summed E-state index contributed by atoms with van der Waals surface area (Å²) in [6, 6.07) is 17.1. The Kier molecular flexibility index (Phi) is 3.72. The van der Waals surface area contributed by atoms with Crippen molar-refractivity contribution in [1.82, 2.24) is 0 Å². The molecule has 0 saturated carbocycles. The zero-order valence-corrected chi connectivity index (χ0v) is 11.9. The fourth-order valence-electron chi connectivity index (χ4n) is 2.42. The minimum absolute atomic E-state index is 0.0701. The number of halogens is 2. The molecule has 104 valence electrons. The van der Waals surface area contributed by atoms with E-state index in [1.54, 1.807) is 30.3 Å². The lowest BCUT2D eigenvalue weighted by atomic mass is 9.97. The van der Waals surface area contributed by atoms with E-state index in [0.29, 0.717) is 21.4 Å². The quantitative estimate of drug-likeness (QED) is 0.618. The molecule has 1 nitrogen and oxygen atoms in total. The zero-order chi connectivity index (χ0) is 14.8. The van der Waals surface area contributed by atoms with Gasteiger partial charge >= 0.3 is 0 Å². The van der Waals surface area contributed by atoms with Crippen LogP contribution < -0.4 is 0 Å². The van der Waals surface area contributed by atoms with Crippen LogP contribution in [0.4, 0.5) is 4.39 Å². The van der Waals surface area contributed by atoms with Gasteiger partial charge in [-0.15, -0.1) is 0 Å². The van der Waals surface area contributed by atoms with Gasteiger partial charge in [-0.2, -0.15) is 0 Å². The molecule has 21 heavy (non-hydrogen) atoms. The highest BCUT2D eigenvalue weighted by molar-refractivity contribution is 6.31. The van der Waals surface area contributed by atoms with Crippen molar-refractivity contribution in [2.75, 3.05) is 0 Å². The van der Waals surface area contributed by atoms with Gasteiger partial charge in [0.1, 0.15) is 5.82 Å².